The first-order valence-electron chi connectivity index (χ1n) is 4.40. The van der Waals surface area contributed by atoms with E-state index in [-0.39, 0.29) is 24.6 Å². The van der Waals surface area contributed by atoms with E-state index in [1.54, 1.807) is 11.4 Å². The van der Waals surface area contributed by atoms with E-state index in [4.69, 9.17) is 0 Å². The lowest BCUT2D eigenvalue weighted by Gasteiger charge is -2.06. The van der Waals surface area contributed by atoms with E-state index < -0.39 is 17.9 Å². The number of hydrogen-bond donors (Lipinski definition) is 2. The molecule has 2 N–H and O–H groups in total. The number of alkyl carbamates (subject to hydrolysis) is 1. The Bertz CT molecular complexity index is 431. The normalized spacial score (nSPS) is 10.3. The molecular weight excluding hydrogens is 275 g/mol. The van der Waals surface area contributed by atoms with Crippen molar-refractivity contribution in [3.8, 4) is 0 Å². The Kier molecular flexibility index (Phi) is 7.29. The van der Waals surface area contributed by atoms with Crippen LogP contribution >= 0.6 is 12.4 Å². The Balaban J connectivity index is 0.00000289. The van der Waals surface area contributed by atoms with Crippen molar-refractivity contribution in [2.45, 2.75) is 6.61 Å². The van der Waals surface area contributed by atoms with E-state index in [1.807, 2.05) is 5.21 Å². The fourth-order valence-corrected chi connectivity index (χ4v) is 0.952. The number of nitrogens with zero attached hydrogens (tertiary/aromatic N) is 1. The fourth-order valence-electron chi connectivity index (χ4n) is 0.952. The summed E-state index contributed by atoms with van der Waals surface area (Å²) in [6, 6.07) is 5.62. The van der Waals surface area contributed by atoms with Gasteiger partial charge in [0, 0.05) is 5.56 Å². The van der Waals surface area contributed by atoms with Crippen LogP contribution in [0.4, 0.5) is 18.1 Å². The van der Waals surface area contributed by atoms with Crippen molar-refractivity contribution >= 4 is 24.5 Å². The zero-order valence-electron chi connectivity index (χ0n) is 8.82. The molecule has 0 aliphatic rings. The molecule has 0 atom stereocenters. The highest BCUT2D eigenvalue weighted by Gasteiger charge is 2.09. The summed E-state index contributed by atoms with van der Waals surface area (Å²) in [5.41, 5.74) is 0.915. The Morgan fingerprint density at radius 1 is 1.39 bits per heavy atom. The second kappa shape index (κ2) is 8.18. The summed E-state index contributed by atoms with van der Waals surface area (Å²) in [4.78, 5) is 10.9. The highest BCUT2D eigenvalue weighted by molar-refractivity contribution is 5.92. The van der Waals surface area contributed by atoms with Crippen LogP contribution in [0.25, 0.3) is 0 Å². The quantitative estimate of drug-likeness (QED) is 0.497. The Hall–Kier alpha value is -1.96. The van der Waals surface area contributed by atoms with Gasteiger partial charge in [-0.25, -0.2) is 9.18 Å². The van der Waals surface area contributed by atoms with Crippen molar-refractivity contribution in [3.05, 3.63) is 35.6 Å². The summed E-state index contributed by atoms with van der Waals surface area (Å²) in [5.74, 6) is -1.60. The van der Waals surface area contributed by atoms with Crippen LogP contribution in [0.1, 0.15) is 5.56 Å². The first kappa shape index (κ1) is 16.0. The van der Waals surface area contributed by atoms with Crippen LogP contribution < -0.4 is 10.9 Å². The van der Waals surface area contributed by atoms with Crippen LogP contribution in [-0.4, -0.2) is 12.1 Å². The van der Waals surface area contributed by atoms with Gasteiger partial charge in [0.2, 0.25) is 0 Å². The number of benzene rings is 1. The molecule has 0 saturated carbocycles. The fraction of sp³-hybridized carbons (Fsp3) is 0.111. The number of carbonyl (C=O) groups is 1. The highest BCUT2D eigenvalue weighted by atomic mass is 35.5. The topological polar surface area (TPSA) is 62.7 Å². The molecule has 0 unspecified atom stereocenters. The van der Waals surface area contributed by atoms with Crippen LogP contribution in [-0.2, 0) is 11.3 Å². The highest BCUT2D eigenvalue weighted by Crippen LogP contribution is 2.07. The zero-order chi connectivity index (χ0) is 12.7. The van der Waals surface area contributed by atoms with Gasteiger partial charge in [-0.15, -0.1) is 16.9 Å². The van der Waals surface area contributed by atoms with Gasteiger partial charge in [0.15, 0.2) is 0 Å². The van der Waals surface area contributed by atoms with Crippen molar-refractivity contribution in [2.24, 2.45) is 5.21 Å². The third kappa shape index (κ3) is 4.91. The number of amides is 1. The number of halogens is 4. The molecule has 5 nitrogen and oxygen atoms in total. The van der Waals surface area contributed by atoms with Crippen LogP contribution in [0.15, 0.2) is 29.5 Å². The van der Waals surface area contributed by atoms with Crippen LogP contribution in [0.5, 0.6) is 0 Å². The van der Waals surface area contributed by atoms with Gasteiger partial charge in [0.05, 0.1) is 0 Å². The van der Waals surface area contributed by atoms with Gasteiger partial charge in [-0.2, -0.15) is 5.54 Å². The summed E-state index contributed by atoms with van der Waals surface area (Å²) >= 11 is 0. The Morgan fingerprint density at radius 2 is 2.06 bits per heavy atom. The van der Waals surface area contributed by atoms with E-state index in [0.717, 1.165) is 5.54 Å². The molecule has 0 radical (unpaired) electrons. The lowest BCUT2D eigenvalue weighted by atomic mass is 10.2. The van der Waals surface area contributed by atoms with Gasteiger partial charge in [0.25, 0.3) is 5.96 Å². The first-order chi connectivity index (χ1) is 8.17. The zero-order valence-corrected chi connectivity index (χ0v) is 9.64. The molecule has 1 aromatic rings. The van der Waals surface area contributed by atoms with Gasteiger partial charge in [-0.1, -0.05) is 22.7 Å². The third-order valence-electron chi connectivity index (χ3n) is 1.71. The molecule has 18 heavy (non-hydrogen) atoms. The average molecular weight is 284 g/mol. The number of nitrogens with one attached hydrogen (secondary N) is 2. The summed E-state index contributed by atoms with van der Waals surface area (Å²) in [6.07, 6.45) is -1.17. The molecule has 1 aromatic carbocycles. The number of guanidine groups is 1. The van der Waals surface area contributed by atoms with Crippen LogP contribution in [0.3, 0.4) is 0 Å². The molecule has 0 bridgehead atoms. The maximum absolute atomic E-state index is 13.1. The minimum Gasteiger partial charge on any atom is -0.444 e. The van der Waals surface area contributed by atoms with Crippen molar-refractivity contribution < 1.29 is 22.9 Å². The smallest absolute Gasteiger partial charge is 0.414 e. The number of hydrogen-bond acceptors (Lipinski definition) is 3. The Labute approximate surface area is 106 Å². The van der Waals surface area contributed by atoms with Crippen molar-refractivity contribution in [1.29, 1.82) is 0 Å². The molecule has 0 aromatic heterocycles. The predicted octanol–water partition coefficient (Wildman–Crippen LogP) is 2.19. The van der Waals surface area contributed by atoms with Crippen molar-refractivity contribution in [3.63, 3.8) is 0 Å². The Morgan fingerprint density at radius 3 is 2.61 bits per heavy atom. The third-order valence-corrected chi connectivity index (χ3v) is 1.71. The molecule has 0 heterocycles. The molecule has 100 valence electrons. The SMILES string of the molecule is Cl.O=C(NC(=NF)NF)OCc1ccccc1F. The lowest BCUT2D eigenvalue weighted by molar-refractivity contribution is 0.142. The minimum atomic E-state index is -1.17. The summed E-state index contributed by atoms with van der Waals surface area (Å²) in [6.45, 7) is -0.371. The van der Waals surface area contributed by atoms with Crippen LogP contribution in [0, 0.1) is 5.82 Å². The maximum Gasteiger partial charge on any atom is 0.414 e. The van der Waals surface area contributed by atoms with Gasteiger partial charge in [-0.3, -0.25) is 5.32 Å². The number of carbonyl (C=O) groups excluding carboxylic acids is 1. The summed E-state index contributed by atoms with van der Waals surface area (Å²) in [7, 11) is 0. The standard InChI is InChI=1S/C9H8F3N3O2.ClH/c10-7-4-2-1-3-6(7)5-17-9(16)13-8(14-11)15-12;/h1-4H,5H2,(H2,13,14,15,16);1H. The maximum atomic E-state index is 13.1. The minimum absolute atomic E-state index is 0. The van der Waals surface area contributed by atoms with Gasteiger partial charge in [-0.05, 0) is 11.3 Å². The predicted molar refractivity (Wildman–Crippen MR) is 59.8 cm³/mol. The molecule has 0 aliphatic heterocycles. The molecular formula is C9H9ClF3N3O2. The molecule has 0 fully saturated rings. The van der Waals surface area contributed by atoms with E-state index >= 15 is 0 Å². The van der Waals surface area contributed by atoms with E-state index in [2.05, 4.69) is 4.74 Å². The molecule has 0 aliphatic carbocycles. The number of ether oxygens (including phenoxy) is 1. The monoisotopic (exact) mass is 283 g/mol. The second-order valence-electron chi connectivity index (χ2n) is 2.82. The molecule has 0 saturated heterocycles. The van der Waals surface area contributed by atoms with Gasteiger partial charge in [0.1, 0.15) is 12.4 Å². The van der Waals surface area contributed by atoms with Crippen molar-refractivity contribution in [1.82, 2.24) is 10.9 Å². The number of rotatable bonds is 2. The average Bonchev–Trinajstić information content (AvgIpc) is 2.35. The van der Waals surface area contributed by atoms with E-state index in [1.165, 1.54) is 18.2 Å². The van der Waals surface area contributed by atoms with E-state index in [9.17, 15) is 18.1 Å². The molecule has 1 rings (SSSR count). The van der Waals surface area contributed by atoms with E-state index in [0.29, 0.717) is 0 Å². The summed E-state index contributed by atoms with van der Waals surface area (Å²) in [5, 5.41) is 3.47. The second-order valence-corrected chi connectivity index (χ2v) is 2.82. The van der Waals surface area contributed by atoms with Crippen LogP contribution in [0.2, 0.25) is 0 Å². The first-order valence-corrected chi connectivity index (χ1v) is 4.40. The lowest BCUT2D eigenvalue weighted by Crippen LogP contribution is -2.37. The molecule has 9 heteroatoms. The molecule has 0 spiro atoms. The summed E-state index contributed by atoms with van der Waals surface area (Å²) < 4.78 is 40.9. The van der Waals surface area contributed by atoms with Gasteiger partial charge >= 0.3 is 6.09 Å². The van der Waals surface area contributed by atoms with Crippen molar-refractivity contribution in [2.75, 3.05) is 0 Å². The largest absolute Gasteiger partial charge is 0.444 e. The van der Waals surface area contributed by atoms with Gasteiger partial charge < -0.3 is 4.74 Å². The molecule has 1 amide bonds.